The maximum atomic E-state index is 13.9. The highest BCUT2D eigenvalue weighted by Crippen LogP contribution is 2.46. The molecule has 0 atom stereocenters. The molecule has 0 N–H and O–H groups in total. The minimum Gasteiger partial charge on any atom is -0.490 e. The van der Waals surface area contributed by atoms with Gasteiger partial charge in [-0.3, -0.25) is 0 Å². The number of ether oxygens (including phenoxy) is 4. The topological polar surface area (TPSA) is 71.1 Å². The number of rotatable bonds is 21. The quantitative estimate of drug-likeness (QED) is 0.0310. The monoisotopic (exact) mass is 911 g/mol. The molecule has 0 aliphatic heterocycles. The molecule has 6 aromatic rings. The highest BCUT2D eigenvalue weighted by molar-refractivity contribution is 6.11. The molecule has 0 saturated heterocycles. The zero-order chi connectivity index (χ0) is 46.9. The number of hydrogen-bond acceptors (Lipinski definition) is 6. The van der Waals surface area contributed by atoms with Crippen LogP contribution in [0.1, 0.15) is 137 Å². The molecule has 0 bridgehead atoms. The lowest BCUT2D eigenvalue weighted by molar-refractivity contribution is 0.0723. The third kappa shape index (κ3) is 13.1. The third-order valence-corrected chi connectivity index (χ3v) is 14.3. The number of carbonyl (C=O) groups is 2. The van der Waals surface area contributed by atoms with Crippen molar-refractivity contribution in [3.8, 4) is 34.1 Å². The summed E-state index contributed by atoms with van der Waals surface area (Å²) in [6.07, 6.45) is 30.1. The average molecular weight is 911 g/mol. The number of unbranched alkanes of at least 4 members (excludes halogenated alkanes) is 4. The lowest BCUT2D eigenvalue weighted by atomic mass is 9.79. The van der Waals surface area contributed by atoms with E-state index in [0.717, 1.165) is 33.4 Å². The first-order valence-electron chi connectivity index (χ1n) is 25.7. The Bertz CT molecular complexity index is 2430. The van der Waals surface area contributed by atoms with Crippen LogP contribution in [-0.2, 0) is 0 Å². The molecule has 0 aromatic heterocycles. The van der Waals surface area contributed by atoms with Crippen molar-refractivity contribution in [2.45, 2.75) is 117 Å². The second-order valence-electron chi connectivity index (χ2n) is 19.2. The molecule has 354 valence electrons. The van der Waals surface area contributed by atoms with Crippen LogP contribution in [0, 0.1) is 23.7 Å². The summed E-state index contributed by atoms with van der Waals surface area (Å²) in [5.74, 6) is 4.13. The normalized spacial score (nSPS) is 18.6. The van der Waals surface area contributed by atoms with Gasteiger partial charge in [-0.25, -0.2) is 9.59 Å². The molecule has 0 spiro atoms. The van der Waals surface area contributed by atoms with Gasteiger partial charge < -0.3 is 18.9 Å². The maximum Gasteiger partial charge on any atom is 0.343 e. The van der Waals surface area contributed by atoms with Crippen molar-refractivity contribution in [3.05, 3.63) is 157 Å². The molecule has 0 unspecified atom stereocenters. The smallest absolute Gasteiger partial charge is 0.343 e. The van der Waals surface area contributed by atoms with Crippen molar-refractivity contribution in [3.63, 3.8) is 0 Å². The maximum absolute atomic E-state index is 13.9. The van der Waals surface area contributed by atoms with Gasteiger partial charge in [0.05, 0.1) is 11.1 Å². The fourth-order valence-corrected chi connectivity index (χ4v) is 10.4. The van der Waals surface area contributed by atoms with Crippen LogP contribution in [-0.4, -0.2) is 25.2 Å². The summed E-state index contributed by atoms with van der Waals surface area (Å²) in [5.41, 5.74) is 2.10. The molecule has 0 heterocycles. The first-order chi connectivity index (χ1) is 33.4. The Hall–Kier alpha value is -6.14. The SMILES string of the molecule is CCCCCC1CCC(/C=C/COc2ccc(C(=O)Oc3ccc4ccccc4c3-c3c(OC(=O)c4ccc(OC/C=C/C5CCC(CCCCC)CC5)cc4)ccc4ccccc34)cc2)CC1. The van der Waals surface area contributed by atoms with E-state index in [1.165, 1.54) is 103 Å². The van der Waals surface area contributed by atoms with E-state index in [4.69, 9.17) is 18.9 Å². The Morgan fingerprint density at radius 2 is 0.868 bits per heavy atom. The van der Waals surface area contributed by atoms with E-state index in [1.54, 1.807) is 24.3 Å². The number of allylic oxidation sites excluding steroid dienone is 2. The Balaban J connectivity index is 0.926. The van der Waals surface area contributed by atoms with Gasteiger partial charge in [-0.15, -0.1) is 0 Å². The van der Waals surface area contributed by atoms with Gasteiger partial charge in [-0.1, -0.05) is 150 Å². The van der Waals surface area contributed by atoms with E-state index in [9.17, 15) is 9.59 Å². The summed E-state index contributed by atoms with van der Waals surface area (Å²) >= 11 is 0. The van der Waals surface area contributed by atoms with Gasteiger partial charge in [0, 0.05) is 11.1 Å². The molecule has 0 radical (unpaired) electrons. The standard InChI is InChI=1S/C62H70O6/c1-3-5-7-15-45-23-27-47(28-24-45)17-13-43-65-53-37-31-51(32-38-53)61(63)67-57-41-35-49-19-9-11-21-55(49)59(57)60-56-22-12-10-20-50(56)36-42-58(60)68-62(64)52-33-39-54(40-34-52)66-44-14-18-48-29-25-46(26-30-48)16-8-6-4-2/h9-14,17-22,31-42,45-48H,3-8,15-16,23-30,43-44H2,1-2H3/b17-13+,18-14+. The Morgan fingerprint density at radius 3 is 1.26 bits per heavy atom. The summed E-state index contributed by atoms with van der Waals surface area (Å²) in [6, 6.07) is 37.7. The van der Waals surface area contributed by atoms with Crippen molar-refractivity contribution in [1.82, 2.24) is 0 Å². The number of benzene rings is 6. The van der Waals surface area contributed by atoms with Crippen molar-refractivity contribution < 1.29 is 28.5 Å². The Morgan fingerprint density at radius 1 is 0.471 bits per heavy atom. The van der Waals surface area contributed by atoms with Crippen LogP contribution in [0.25, 0.3) is 32.7 Å². The van der Waals surface area contributed by atoms with E-state index in [2.05, 4.69) is 38.2 Å². The van der Waals surface area contributed by atoms with Crippen molar-refractivity contribution in [1.29, 1.82) is 0 Å². The molecule has 2 aliphatic carbocycles. The number of carbonyl (C=O) groups excluding carboxylic acids is 2. The minimum absolute atomic E-state index is 0.355. The van der Waals surface area contributed by atoms with Crippen LogP contribution >= 0.6 is 0 Å². The first-order valence-corrected chi connectivity index (χ1v) is 25.7. The Labute approximate surface area is 404 Å². The van der Waals surface area contributed by atoms with Crippen molar-refractivity contribution in [2.24, 2.45) is 23.7 Å². The summed E-state index contributed by atoms with van der Waals surface area (Å²) in [4.78, 5) is 27.9. The lowest BCUT2D eigenvalue weighted by Gasteiger charge is -2.26. The van der Waals surface area contributed by atoms with E-state index in [-0.39, 0.29) is 0 Å². The van der Waals surface area contributed by atoms with Gasteiger partial charge >= 0.3 is 11.9 Å². The zero-order valence-electron chi connectivity index (χ0n) is 40.3. The third-order valence-electron chi connectivity index (χ3n) is 14.3. The zero-order valence-corrected chi connectivity index (χ0v) is 40.3. The molecule has 68 heavy (non-hydrogen) atoms. The molecule has 0 amide bonds. The predicted molar refractivity (Wildman–Crippen MR) is 278 cm³/mol. The summed E-state index contributed by atoms with van der Waals surface area (Å²) < 4.78 is 24.7. The fraction of sp³-hybridized carbons (Fsp3) is 0.387. The van der Waals surface area contributed by atoms with Gasteiger partial charge in [0.25, 0.3) is 0 Å². The average Bonchev–Trinajstić information content (AvgIpc) is 3.38. The minimum atomic E-state index is -0.504. The van der Waals surface area contributed by atoms with Crippen LogP contribution in [0.5, 0.6) is 23.0 Å². The molecule has 2 fully saturated rings. The van der Waals surface area contributed by atoms with Gasteiger partial charge in [0.15, 0.2) is 0 Å². The second-order valence-corrected chi connectivity index (χ2v) is 19.2. The number of esters is 2. The molecule has 6 aromatic carbocycles. The number of fused-ring (bicyclic) bond motifs is 2. The van der Waals surface area contributed by atoms with Crippen LogP contribution in [0.3, 0.4) is 0 Å². The van der Waals surface area contributed by atoms with Crippen molar-refractivity contribution in [2.75, 3.05) is 13.2 Å². The van der Waals surface area contributed by atoms with Crippen molar-refractivity contribution >= 4 is 33.5 Å². The lowest BCUT2D eigenvalue weighted by Crippen LogP contribution is -2.13. The van der Waals surface area contributed by atoms with Gasteiger partial charge in [-0.05, 0) is 157 Å². The van der Waals surface area contributed by atoms with Crippen LogP contribution in [0.15, 0.2) is 146 Å². The molecule has 6 nitrogen and oxygen atoms in total. The predicted octanol–water partition coefficient (Wildman–Crippen LogP) is 16.7. The number of hydrogen-bond donors (Lipinski definition) is 0. The summed E-state index contributed by atoms with van der Waals surface area (Å²) in [5, 5.41) is 3.62. The molecular weight excluding hydrogens is 841 g/mol. The van der Waals surface area contributed by atoms with Gasteiger partial charge in [-0.2, -0.15) is 0 Å². The largest absolute Gasteiger partial charge is 0.490 e. The summed E-state index contributed by atoms with van der Waals surface area (Å²) in [6.45, 7) is 5.51. The fourth-order valence-electron chi connectivity index (χ4n) is 10.4. The highest BCUT2D eigenvalue weighted by Gasteiger charge is 2.24. The van der Waals surface area contributed by atoms with E-state index in [1.807, 2.05) is 97.1 Å². The van der Waals surface area contributed by atoms with Gasteiger partial charge in [0.2, 0.25) is 0 Å². The molecule has 2 saturated carbocycles. The Kier molecular flexibility index (Phi) is 17.6. The van der Waals surface area contributed by atoms with Crippen LogP contribution in [0.4, 0.5) is 0 Å². The molecule has 2 aliphatic rings. The van der Waals surface area contributed by atoms with E-state index in [0.29, 0.717) is 70.3 Å². The van der Waals surface area contributed by atoms with E-state index >= 15 is 0 Å². The second kappa shape index (κ2) is 24.8. The molecule has 6 heteroatoms. The van der Waals surface area contributed by atoms with Crippen LogP contribution < -0.4 is 18.9 Å². The van der Waals surface area contributed by atoms with Gasteiger partial charge in [0.1, 0.15) is 36.2 Å². The van der Waals surface area contributed by atoms with Crippen LogP contribution in [0.2, 0.25) is 0 Å². The summed E-state index contributed by atoms with van der Waals surface area (Å²) in [7, 11) is 0. The highest BCUT2D eigenvalue weighted by atomic mass is 16.5. The molecule has 8 rings (SSSR count). The van der Waals surface area contributed by atoms with E-state index < -0.39 is 11.9 Å². The molecular formula is C62H70O6. The first kappa shape index (κ1) is 48.3.